The van der Waals surface area contributed by atoms with Crippen LogP contribution in [0.15, 0.2) is 48.5 Å². The maximum atomic E-state index is 11.3. The summed E-state index contributed by atoms with van der Waals surface area (Å²) in [5, 5.41) is 20.4. The Hall–Kier alpha value is -2.93. The van der Waals surface area contributed by atoms with Crippen LogP contribution in [-0.2, 0) is 6.54 Å². The van der Waals surface area contributed by atoms with Crippen molar-refractivity contribution in [2.45, 2.75) is 6.54 Å². The van der Waals surface area contributed by atoms with Gasteiger partial charge in [-0.05, 0) is 17.7 Å². The van der Waals surface area contributed by atoms with Gasteiger partial charge in [-0.25, -0.2) is 4.79 Å². The molecule has 1 N–H and O–H groups in total. The first-order valence-corrected chi connectivity index (χ1v) is 8.07. The molecule has 1 fully saturated rings. The zero-order valence-corrected chi connectivity index (χ0v) is 13.7. The van der Waals surface area contributed by atoms with Crippen LogP contribution in [0.5, 0.6) is 0 Å². The van der Waals surface area contributed by atoms with Crippen LogP contribution in [0, 0.1) is 10.1 Å². The summed E-state index contributed by atoms with van der Waals surface area (Å²) in [4.78, 5) is 26.2. The van der Waals surface area contributed by atoms with E-state index in [0.717, 1.165) is 19.6 Å². The van der Waals surface area contributed by atoms with Gasteiger partial charge in [-0.3, -0.25) is 15.0 Å². The molecule has 0 bridgehead atoms. The molecule has 3 rings (SSSR count). The van der Waals surface area contributed by atoms with E-state index in [4.69, 9.17) is 5.11 Å². The summed E-state index contributed by atoms with van der Waals surface area (Å²) in [7, 11) is 0. The molecular weight excluding hydrogens is 322 g/mol. The number of rotatable bonds is 5. The largest absolute Gasteiger partial charge is 0.478 e. The number of nitrogens with zero attached hydrogens (tertiary/aromatic N) is 3. The second kappa shape index (κ2) is 7.31. The maximum absolute atomic E-state index is 11.3. The Bertz CT molecular complexity index is 771. The Labute approximate surface area is 145 Å². The minimum Gasteiger partial charge on any atom is -0.478 e. The van der Waals surface area contributed by atoms with E-state index < -0.39 is 10.9 Å². The molecule has 2 aromatic rings. The Balaban J connectivity index is 1.72. The number of nitro benzene ring substituents is 1. The highest BCUT2D eigenvalue weighted by atomic mass is 16.6. The SMILES string of the molecule is O=C(O)c1ccc([N+](=O)[O-])c(N2CCN(Cc3ccccc3)CC2)c1. The first-order chi connectivity index (χ1) is 12.0. The van der Waals surface area contributed by atoms with Crippen molar-refractivity contribution in [3.05, 3.63) is 69.8 Å². The van der Waals surface area contributed by atoms with Crippen molar-refractivity contribution in [2.75, 3.05) is 31.1 Å². The van der Waals surface area contributed by atoms with Gasteiger partial charge >= 0.3 is 5.97 Å². The number of anilines is 1. The first kappa shape index (κ1) is 16.9. The highest BCUT2D eigenvalue weighted by Gasteiger charge is 2.25. The minimum absolute atomic E-state index is 0.0542. The zero-order valence-electron chi connectivity index (χ0n) is 13.7. The van der Waals surface area contributed by atoms with E-state index >= 15 is 0 Å². The van der Waals surface area contributed by atoms with Crippen LogP contribution < -0.4 is 4.90 Å². The molecule has 25 heavy (non-hydrogen) atoms. The van der Waals surface area contributed by atoms with E-state index in [1.54, 1.807) is 0 Å². The molecule has 0 amide bonds. The summed E-state index contributed by atoms with van der Waals surface area (Å²) in [5.74, 6) is -1.08. The highest BCUT2D eigenvalue weighted by molar-refractivity contribution is 5.90. The molecule has 0 spiro atoms. The van der Waals surface area contributed by atoms with Crippen LogP contribution >= 0.6 is 0 Å². The molecule has 0 aliphatic carbocycles. The van der Waals surface area contributed by atoms with E-state index in [1.165, 1.54) is 23.8 Å². The minimum atomic E-state index is -1.08. The quantitative estimate of drug-likeness (QED) is 0.664. The standard InChI is InChI=1S/C18H19N3O4/c22-18(23)15-6-7-16(21(24)25)17(12-15)20-10-8-19(9-11-20)13-14-4-2-1-3-5-14/h1-7,12H,8-11,13H2,(H,22,23). The van der Waals surface area contributed by atoms with Gasteiger partial charge in [-0.1, -0.05) is 30.3 Å². The Morgan fingerprint density at radius 1 is 1.08 bits per heavy atom. The average molecular weight is 341 g/mol. The average Bonchev–Trinajstić information content (AvgIpc) is 2.62. The molecule has 7 nitrogen and oxygen atoms in total. The Kier molecular flexibility index (Phi) is 4.95. The van der Waals surface area contributed by atoms with Crippen molar-refractivity contribution in [3.8, 4) is 0 Å². The number of benzene rings is 2. The Morgan fingerprint density at radius 2 is 1.76 bits per heavy atom. The third kappa shape index (κ3) is 3.95. The van der Waals surface area contributed by atoms with Gasteiger partial charge in [0.25, 0.3) is 5.69 Å². The number of aromatic carboxylic acids is 1. The predicted octanol–water partition coefficient (Wildman–Crippen LogP) is 2.62. The number of hydrogen-bond acceptors (Lipinski definition) is 5. The topological polar surface area (TPSA) is 86.9 Å². The van der Waals surface area contributed by atoms with Gasteiger partial charge < -0.3 is 10.0 Å². The van der Waals surface area contributed by atoms with Crippen LogP contribution in [-0.4, -0.2) is 47.1 Å². The molecule has 1 aliphatic rings. The van der Waals surface area contributed by atoms with Gasteiger partial charge in [-0.2, -0.15) is 0 Å². The fraction of sp³-hybridized carbons (Fsp3) is 0.278. The van der Waals surface area contributed by atoms with E-state index in [1.807, 2.05) is 23.1 Å². The van der Waals surface area contributed by atoms with Crippen molar-refractivity contribution in [1.82, 2.24) is 4.90 Å². The van der Waals surface area contributed by atoms with Crippen LogP contribution in [0.3, 0.4) is 0 Å². The summed E-state index contributed by atoms with van der Waals surface area (Å²) in [6.07, 6.45) is 0. The highest BCUT2D eigenvalue weighted by Crippen LogP contribution is 2.30. The number of carboxylic acid groups (broad SMARTS) is 1. The molecule has 130 valence electrons. The fourth-order valence-electron chi connectivity index (χ4n) is 3.05. The third-order valence-electron chi connectivity index (χ3n) is 4.38. The number of hydrogen-bond donors (Lipinski definition) is 1. The van der Waals surface area contributed by atoms with Gasteiger partial charge in [-0.15, -0.1) is 0 Å². The van der Waals surface area contributed by atoms with Crippen LogP contribution in [0.4, 0.5) is 11.4 Å². The molecule has 1 heterocycles. The van der Waals surface area contributed by atoms with E-state index in [9.17, 15) is 14.9 Å². The number of carboxylic acids is 1. The molecule has 0 unspecified atom stereocenters. The van der Waals surface area contributed by atoms with Gasteiger partial charge in [0.1, 0.15) is 5.69 Å². The number of nitro groups is 1. The summed E-state index contributed by atoms with van der Waals surface area (Å²) in [6.45, 7) is 3.62. The summed E-state index contributed by atoms with van der Waals surface area (Å²) in [6, 6.07) is 14.1. The molecule has 2 aromatic carbocycles. The summed E-state index contributed by atoms with van der Waals surface area (Å²) in [5.41, 5.74) is 1.62. The number of piperazine rings is 1. The van der Waals surface area contributed by atoms with Crippen molar-refractivity contribution >= 4 is 17.3 Å². The van der Waals surface area contributed by atoms with Gasteiger partial charge in [0.05, 0.1) is 10.5 Å². The molecule has 0 aromatic heterocycles. The third-order valence-corrected chi connectivity index (χ3v) is 4.38. The lowest BCUT2D eigenvalue weighted by atomic mass is 10.1. The Morgan fingerprint density at radius 3 is 2.36 bits per heavy atom. The molecule has 7 heteroatoms. The zero-order chi connectivity index (χ0) is 17.8. The smallest absolute Gasteiger partial charge is 0.335 e. The monoisotopic (exact) mass is 341 g/mol. The molecule has 1 saturated heterocycles. The van der Waals surface area contributed by atoms with Gasteiger partial charge in [0, 0.05) is 38.8 Å². The van der Waals surface area contributed by atoms with E-state index in [2.05, 4.69) is 17.0 Å². The van der Waals surface area contributed by atoms with Crippen molar-refractivity contribution in [3.63, 3.8) is 0 Å². The molecule has 0 atom stereocenters. The second-order valence-electron chi connectivity index (χ2n) is 6.01. The fourth-order valence-corrected chi connectivity index (χ4v) is 3.05. The summed E-state index contributed by atoms with van der Waals surface area (Å²) >= 11 is 0. The lowest BCUT2D eigenvalue weighted by Gasteiger charge is -2.35. The molecule has 1 aliphatic heterocycles. The van der Waals surface area contributed by atoms with Crippen LogP contribution in [0.1, 0.15) is 15.9 Å². The maximum Gasteiger partial charge on any atom is 0.335 e. The van der Waals surface area contributed by atoms with Crippen molar-refractivity contribution in [2.24, 2.45) is 0 Å². The van der Waals surface area contributed by atoms with Crippen LogP contribution in [0.25, 0.3) is 0 Å². The molecule has 0 saturated carbocycles. The van der Waals surface area contributed by atoms with Crippen molar-refractivity contribution in [1.29, 1.82) is 0 Å². The second-order valence-corrected chi connectivity index (χ2v) is 6.01. The van der Waals surface area contributed by atoms with Gasteiger partial charge in [0.15, 0.2) is 0 Å². The predicted molar refractivity (Wildman–Crippen MR) is 94.0 cm³/mol. The first-order valence-electron chi connectivity index (χ1n) is 8.07. The van der Waals surface area contributed by atoms with Crippen LogP contribution in [0.2, 0.25) is 0 Å². The van der Waals surface area contributed by atoms with Crippen molar-refractivity contribution < 1.29 is 14.8 Å². The molecular formula is C18H19N3O4. The normalized spacial score (nSPS) is 15.1. The molecule has 0 radical (unpaired) electrons. The van der Waals surface area contributed by atoms with Gasteiger partial charge in [0.2, 0.25) is 0 Å². The lowest BCUT2D eigenvalue weighted by Crippen LogP contribution is -2.46. The van der Waals surface area contributed by atoms with E-state index in [-0.39, 0.29) is 11.3 Å². The lowest BCUT2D eigenvalue weighted by molar-refractivity contribution is -0.384. The summed E-state index contributed by atoms with van der Waals surface area (Å²) < 4.78 is 0. The number of carbonyl (C=O) groups is 1. The van der Waals surface area contributed by atoms with E-state index in [0.29, 0.717) is 18.8 Å².